The normalized spacial score (nSPS) is 12.0. The molecule has 21 heavy (non-hydrogen) atoms. The maximum atomic E-state index is 12.8. The summed E-state index contributed by atoms with van der Waals surface area (Å²) in [5.74, 6) is 0.334. The quantitative estimate of drug-likeness (QED) is 0.627. The van der Waals surface area contributed by atoms with Gasteiger partial charge in [-0.05, 0) is 30.3 Å². The summed E-state index contributed by atoms with van der Waals surface area (Å²) >= 11 is 3.25. The number of nitrogen functional groups attached to an aromatic ring is 1. The van der Waals surface area contributed by atoms with Gasteiger partial charge in [0.25, 0.3) is 0 Å². The molecule has 0 atom stereocenters. The van der Waals surface area contributed by atoms with Gasteiger partial charge in [0.2, 0.25) is 0 Å². The highest BCUT2D eigenvalue weighted by atomic mass is 79.9. The van der Waals surface area contributed by atoms with Crippen LogP contribution < -0.4 is 5.73 Å². The Hall–Kier alpha value is -2.02. The number of para-hydroxylation sites is 1. The second kappa shape index (κ2) is 4.77. The van der Waals surface area contributed by atoms with E-state index in [9.17, 15) is 13.2 Å². The number of alkyl halides is 3. The molecule has 0 aliphatic rings. The first-order valence-electron chi connectivity index (χ1n) is 5.97. The summed E-state index contributed by atoms with van der Waals surface area (Å²) in [5, 5.41) is 0. The van der Waals surface area contributed by atoms with Crippen LogP contribution in [0.1, 0.15) is 5.56 Å². The van der Waals surface area contributed by atoms with E-state index < -0.39 is 11.7 Å². The van der Waals surface area contributed by atoms with E-state index >= 15 is 0 Å². The molecular weight excluding hydrogens is 347 g/mol. The zero-order chi connectivity index (χ0) is 15.2. The van der Waals surface area contributed by atoms with E-state index in [1.165, 1.54) is 6.07 Å². The predicted molar refractivity (Wildman–Crippen MR) is 78.6 cm³/mol. The number of hydrogen-bond acceptors (Lipinski definition) is 2. The minimum Gasteiger partial charge on any atom is -0.397 e. The molecule has 1 heterocycles. The van der Waals surface area contributed by atoms with Crippen molar-refractivity contribution < 1.29 is 13.2 Å². The fourth-order valence-corrected chi connectivity index (χ4v) is 2.50. The first-order valence-corrected chi connectivity index (χ1v) is 6.77. The lowest BCUT2D eigenvalue weighted by Gasteiger charge is -2.09. The maximum Gasteiger partial charge on any atom is 0.416 e. The van der Waals surface area contributed by atoms with Crippen LogP contribution in [0.3, 0.4) is 0 Å². The number of rotatable bonds is 1. The van der Waals surface area contributed by atoms with Gasteiger partial charge in [0, 0.05) is 10.0 Å². The smallest absolute Gasteiger partial charge is 0.397 e. The Balaban J connectivity index is 2.20. The van der Waals surface area contributed by atoms with Crippen LogP contribution in [0.2, 0.25) is 0 Å². The third-order valence-electron chi connectivity index (χ3n) is 3.09. The maximum absolute atomic E-state index is 12.8. The summed E-state index contributed by atoms with van der Waals surface area (Å²) in [4.78, 5) is 7.27. The molecule has 3 N–H and O–H groups in total. The summed E-state index contributed by atoms with van der Waals surface area (Å²) in [7, 11) is 0. The van der Waals surface area contributed by atoms with Crippen molar-refractivity contribution in [2.75, 3.05) is 5.73 Å². The van der Waals surface area contributed by atoms with Crippen molar-refractivity contribution in [3.63, 3.8) is 0 Å². The average Bonchev–Trinajstić information content (AvgIpc) is 2.83. The number of hydrogen-bond donors (Lipinski definition) is 2. The lowest BCUT2D eigenvalue weighted by Crippen LogP contribution is -2.05. The lowest BCUT2D eigenvalue weighted by molar-refractivity contribution is -0.137. The predicted octanol–water partition coefficient (Wildman–Crippen LogP) is 4.59. The Morgan fingerprint density at radius 2 is 1.90 bits per heavy atom. The number of halogens is 4. The van der Waals surface area contributed by atoms with Crippen molar-refractivity contribution in [3.8, 4) is 11.4 Å². The van der Waals surface area contributed by atoms with E-state index in [-0.39, 0.29) is 0 Å². The minimum atomic E-state index is -4.40. The number of nitrogens with one attached hydrogen (secondary N) is 1. The summed E-state index contributed by atoms with van der Waals surface area (Å²) in [6.07, 6.45) is -4.40. The Morgan fingerprint density at radius 3 is 2.57 bits per heavy atom. The lowest BCUT2D eigenvalue weighted by atomic mass is 10.1. The number of anilines is 1. The number of aromatic nitrogens is 2. The van der Waals surface area contributed by atoms with Gasteiger partial charge in [0.15, 0.2) is 0 Å². The van der Waals surface area contributed by atoms with Gasteiger partial charge in [-0.25, -0.2) is 4.98 Å². The van der Waals surface area contributed by atoms with Crippen molar-refractivity contribution in [2.24, 2.45) is 0 Å². The van der Waals surface area contributed by atoms with Crippen LogP contribution in [-0.4, -0.2) is 9.97 Å². The zero-order valence-electron chi connectivity index (χ0n) is 10.5. The molecule has 108 valence electrons. The molecule has 0 saturated carbocycles. The number of H-pyrrole nitrogens is 1. The molecule has 3 rings (SSSR count). The molecule has 0 spiro atoms. The van der Waals surface area contributed by atoms with E-state index in [2.05, 4.69) is 25.9 Å². The zero-order valence-corrected chi connectivity index (χ0v) is 12.1. The molecule has 3 nitrogen and oxygen atoms in total. The highest BCUT2D eigenvalue weighted by Crippen LogP contribution is 2.36. The third-order valence-corrected chi connectivity index (χ3v) is 3.78. The van der Waals surface area contributed by atoms with Gasteiger partial charge >= 0.3 is 6.18 Å². The van der Waals surface area contributed by atoms with E-state index in [0.717, 1.165) is 12.1 Å². The molecular formula is C14H9BrF3N3. The summed E-state index contributed by atoms with van der Waals surface area (Å²) in [6, 6.07) is 8.63. The molecule has 0 unspecified atom stereocenters. The highest BCUT2D eigenvalue weighted by molar-refractivity contribution is 9.10. The number of nitrogens with zero attached hydrogens (tertiary/aromatic N) is 1. The summed E-state index contributed by atoms with van der Waals surface area (Å²) in [6.45, 7) is 0. The van der Waals surface area contributed by atoms with Crippen LogP contribution in [0.25, 0.3) is 22.4 Å². The largest absolute Gasteiger partial charge is 0.416 e. The number of nitrogens with two attached hydrogens (primary N) is 1. The van der Waals surface area contributed by atoms with E-state index in [1.807, 2.05) is 0 Å². The van der Waals surface area contributed by atoms with E-state index in [4.69, 9.17) is 5.73 Å². The van der Waals surface area contributed by atoms with E-state index in [1.54, 1.807) is 18.2 Å². The summed E-state index contributed by atoms with van der Waals surface area (Å²) in [5.41, 5.74) is 7.10. The van der Waals surface area contributed by atoms with Crippen molar-refractivity contribution in [1.82, 2.24) is 9.97 Å². The topological polar surface area (TPSA) is 54.7 Å². The molecule has 0 aliphatic heterocycles. The number of imidazole rings is 1. The van der Waals surface area contributed by atoms with Crippen molar-refractivity contribution >= 4 is 32.7 Å². The van der Waals surface area contributed by atoms with Gasteiger partial charge in [0.1, 0.15) is 11.3 Å². The first kappa shape index (κ1) is 13.9. The van der Waals surface area contributed by atoms with Gasteiger partial charge < -0.3 is 10.7 Å². The van der Waals surface area contributed by atoms with Crippen molar-refractivity contribution in [1.29, 1.82) is 0 Å². The van der Waals surface area contributed by atoms with Gasteiger partial charge in [-0.1, -0.05) is 22.0 Å². The first-order chi connectivity index (χ1) is 9.86. The van der Waals surface area contributed by atoms with Gasteiger partial charge in [-0.2, -0.15) is 13.2 Å². The summed E-state index contributed by atoms with van der Waals surface area (Å²) < 4.78 is 39.0. The fourth-order valence-electron chi connectivity index (χ4n) is 2.06. The molecule has 0 fully saturated rings. The average molecular weight is 356 g/mol. The van der Waals surface area contributed by atoms with Crippen LogP contribution in [0, 0.1) is 0 Å². The highest BCUT2D eigenvalue weighted by Gasteiger charge is 2.31. The molecule has 0 bridgehead atoms. The van der Waals surface area contributed by atoms with Crippen molar-refractivity contribution in [2.45, 2.75) is 6.18 Å². The fraction of sp³-hybridized carbons (Fsp3) is 0.0714. The third kappa shape index (κ3) is 2.49. The van der Waals surface area contributed by atoms with Crippen LogP contribution in [0.5, 0.6) is 0 Å². The van der Waals surface area contributed by atoms with Crippen LogP contribution in [0.4, 0.5) is 18.9 Å². The second-order valence-corrected chi connectivity index (χ2v) is 5.38. The van der Waals surface area contributed by atoms with E-state index in [0.29, 0.717) is 32.6 Å². The molecule has 7 heteroatoms. The number of benzene rings is 2. The second-order valence-electron chi connectivity index (χ2n) is 4.52. The van der Waals surface area contributed by atoms with Crippen LogP contribution in [-0.2, 0) is 6.18 Å². The SMILES string of the molecule is Nc1cccc2[nH]c(-c3cc(C(F)(F)F)ccc3Br)nc12. The Morgan fingerprint density at radius 1 is 1.14 bits per heavy atom. The molecule has 0 aliphatic carbocycles. The Labute approximate surface area is 126 Å². The molecule has 2 aromatic carbocycles. The van der Waals surface area contributed by atoms with Crippen LogP contribution in [0.15, 0.2) is 40.9 Å². The minimum absolute atomic E-state index is 0.334. The molecule has 0 radical (unpaired) electrons. The van der Waals surface area contributed by atoms with Crippen LogP contribution >= 0.6 is 15.9 Å². The Kier molecular flexibility index (Phi) is 3.16. The monoisotopic (exact) mass is 355 g/mol. The molecule has 0 saturated heterocycles. The Bertz CT molecular complexity index is 824. The van der Waals surface area contributed by atoms with Gasteiger partial charge in [0.05, 0.1) is 16.8 Å². The number of aromatic amines is 1. The molecule has 3 aromatic rings. The number of fused-ring (bicyclic) bond motifs is 1. The molecule has 0 amide bonds. The van der Waals surface area contributed by atoms with Crippen molar-refractivity contribution in [3.05, 3.63) is 46.4 Å². The van der Waals surface area contributed by atoms with Gasteiger partial charge in [-0.3, -0.25) is 0 Å². The van der Waals surface area contributed by atoms with Gasteiger partial charge in [-0.15, -0.1) is 0 Å². The molecule has 1 aromatic heterocycles. The standard InChI is InChI=1S/C14H9BrF3N3/c15-9-5-4-7(14(16,17)18)6-8(9)13-20-11-3-1-2-10(19)12(11)21-13/h1-6H,19H2,(H,20,21).